The van der Waals surface area contributed by atoms with Gasteiger partial charge in [0.05, 0.1) is 190 Å². The summed E-state index contributed by atoms with van der Waals surface area (Å²) in [4.78, 5) is 70.4. The molecule has 34 heteroatoms. The third-order valence-electron chi connectivity index (χ3n) is 23.8. The number of benzene rings is 8. The first-order chi connectivity index (χ1) is 66.9. The average molecular weight is 1860 g/mol. The zero-order valence-corrected chi connectivity index (χ0v) is 80.6. The van der Waals surface area contributed by atoms with Crippen molar-refractivity contribution in [3.63, 3.8) is 0 Å². The lowest BCUT2D eigenvalue weighted by atomic mass is 10.1. The second-order valence-electron chi connectivity index (χ2n) is 34.4. The number of hydrogen-bond donors (Lipinski definition) is 2. The number of amidine groups is 1. The molecule has 9 aromatic heterocycles. The number of nitrogens with one attached hydrogen (secondary N) is 1. The van der Waals surface area contributed by atoms with E-state index in [0.29, 0.717) is 55.5 Å². The predicted molar refractivity (Wildman–Crippen MR) is 539 cm³/mol. The Morgan fingerprint density at radius 1 is 0.464 bits per heavy atom. The van der Waals surface area contributed by atoms with E-state index in [1.54, 1.807) is 124 Å². The Bertz CT molecular complexity index is 7090. The molecular weight excluding hydrogens is 1740 g/mol. The van der Waals surface area contributed by atoms with Gasteiger partial charge >= 0.3 is 0 Å². The van der Waals surface area contributed by atoms with E-state index in [1.807, 2.05) is 186 Å². The Morgan fingerprint density at radius 3 is 1.20 bits per heavy atom. The number of carbonyl (C=O) groups is 1. The molecule has 1 amide bonds. The summed E-state index contributed by atoms with van der Waals surface area (Å²) in [5, 5.41) is 30.2. The Balaban J connectivity index is 0.000000133. The first-order valence-corrected chi connectivity index (χ1v) is 45.6. The van der Waals surface area contributed by atoms with Crippen LogP contribution in [0.25, 0.3) is 89.2 Å². The monoisotopic (exact) mass is 1860 g/mol. The van der Waals surface area contributed by atoms with Crippen LogP contribution in [0.2, 0.25) is 0 Å². The van der Waals surface area contributed by atoms with Gasteiger partial charge in [0.25, 0.3) is 5.91 Å². The quantitative estimate of drug-likeness (QED) is 0.0386. The van der Waals surface area contributed by atoms with Crippen molar-refractivity contribution in [2.45, 2.75) is 78.7 Å². The maximum atomic E-state index is 12.4. The molecule has 10 heterocycles. The van der Waals surface area contributed by atoms with Crippen molar-refractivity contribution in [2.24, 2.45) is 39.1 Å². The molecule has 1 saturated carbocycles. The number of ether oxygens (including phenoxy) is 7. The summed E-state index contributed by atoms with van der Waals surface area (Å²) in [5.41, 5.74) is 22.5. The number of methoxy groups -OCH3 is 6. The number of nitrogens with zero attached hydrogens (tertiary/aromatic N) is 24. The molecule has 710 valence electrons. The van der Waals surface area contributed by atoms with E-state index in [1.165, 1.54) is 12.8 Å². The van der Waals surface area contributed by atoms with E-state index in [0.717, 1.165) is 202 Å². The lowest BCUT2D eigenvalue weighted by Crippen LogP contribution is -2.37. The SMILES string of the molecule is CCC(O)CN(c1cc(OC)cc(C(=O)NC)c1)c1ccc2ncc(-c3cnn(C)c3)nc2c1.CCOCc1cc(OC)cc(N(CC2CC2)c2ccc3ncc(-c4cnn(C)c4)nc3c2)c1.COc1cc(OC)cc(N(CCN2CC(C)(C)N=C2C)c2ccc3ncc(-c4cnn(C)c4)nc3c2)c1.COc1cc(OC)cc(N(CCn2ccnc2)c2ccc3ncc(-c4cnn(C)c4)nc3c2)c1. The molecule has 34 nitrogen and oxygen atoms in total. The largest absolute Gasteiger partial charge is 0.497 e. The lowest BCUT2D eigenvalue weighted by Gasteiger charge is -2.29. The van der Waals surface area contributed by atoms with Crippen molar-refractivity contribution < 1.29 is 43.1 Å². The molecule has 1 aliphatic carbocycles. The normalized spacial score (nSPS) is 12.8. The predicted octanol–water partition coefficient (Wildman–Crippen LogP) is 17.2. The number of aliphatic hydroxyl groups is 1. The fourth-order valence-electron chi connectivity index (χ4n) is 16.3. The first-order valence-electron chi connectivity index (χ1n) is 45.6. The average Bonchev–Trinajstić information content (AvgIpc) is 1.38. The summed E-state index contributed by atoms with van der Waals surface area (Å²) < 4.78 is 48.0. The summed E-state index contributed by atoms with van der Waals surface area (Å²) in [6.45, 7) is 16.8. The van der Waals surface area contributed by atoms with Crippen LogP contribution in [0.15, 0.2) is 244 Å². The van der Waals surface area contributed by atoms with Gasteiger partial charge in [-0.05, 0) is 156 Å². The topological polar surface area (TPSA) is 335 Å². The Hall–Kier alpha value is -16.0. The highest BCUT2D eigenvalue weighted by Gasteiger charge is 2.31. The molecule has 19 rings (SSSR count). The molecule has 2 N–H and O–H groups in total. The molecule has 17 aromatic rings. The summed E-state index contributed by atoms with van der Waals surface area (Å²) >= 11 is 0. The van der Waals surface area contributed by atoms with Crippen LogP contribution in [0.5, 0.6) is 34.5 Å². The molecule has 1 aliphatic heterocycles. The number of hydrogen-bond acceptors (Lipinski definition) is 28. The van der Waals surface area contributed by atoms with E-state index in [2.05, 4.69) is 140 Å². The smallest absolute Gasteiger partial charge is 0.251 e. The van der Waals surface area contributed by atoms with Crippen molar-refractivity contribution in [2.75, 3.05) is 115 Å². The summed E-state index contributed by atoms with van der Waals surface area (Å²) in [6, 6.07) is 47.8. The second-order valence-corrected chi connectivity index (χ2v) is 34.4. The maximum Gasteiger partial charge on any atom is 0.251 e. The molecule has 1 unspecified atom stereocenters. The minimum Gasteiger partial charge on any atom is -0.497 e. The van der Waals surface area contributed by atoms with Crippen molar-refractivity contribution >= 4 is 101 Å². The van der Waals surface area contributed by atoms with Gasteiger partial charge < -0.3 is 72.6 Å². The molecule has 0 bridgehead atoms. The molecule has 2 aliphatic rings. The molecule has 0 spiro atoms. The zero-order valence-electron chi connectivity index (χ0n) is 80.6. The number of aliphatic imine (C=N–C) groups is 1. The van der Waals surface area contributed by atoms with Crippen molar-refractivity contribution in [3.8, 4) is 79.5 Å². The van der Waals surface area contributed by atoms with Gasteiger partial charge in [0, 0.05) is 247 Å². The highest BCUT2D eigenvalue weighted by Crippen LogP contribution is 2.42. The molecule has 0 radical (unpaired) electrons. The summed E-state index contributed by atoms with van der Waals surface area (Å²) in [5.74, 6) is 5.85. The van der Waals surface area contributed by atoms with E-state index in [-0.39, 0.29) is 11.4 Å². The van der Waals surface area contributed by atoms with Crippen molar-refractivity contribution in [1.82, 2.24) is 98.8 Å². The fraction of sp³-hybridized carbons (Fsp3) is 0.298. The van der Waals surface area contributed by atoms with Crippen LogP contribution in [0.3, 0.4) is 0 Å². The number of rotatable bonds is 33. The minimum absolute atomic E-state index is 0.0741. The summed E-state index contributed by atoms with van der Waals surface area (Å²) in [6.07, 6.45) is 30.1. The van der Waals surface area contributed by atoms with Gasteiger partial charge in [0.2, 0.25) is 0 Å². The van der Waals surface area contributed by atoms with Crippen molar-refractivity contribution in [3.05, 3.63) is 250 Å². The number of fused-ring (bicyclic) bond motifs is 4. The Morgan fingerprint density at radius 2 is 0.848 bits per heavy atom. The van der Waals surface area contributed by atoms with Crippen LogP contribution < -0.4 is 53.3 Å². The molecule has 0 saturated heterocycles. The number of imidazole rings is 1. The van der Waals surface area contributed by atoms with Crippen LogP contribution in [0.1, 0.15) is 69.8 Å². The van der Waals surface area contributed by atoms with Gasteiger partial charge in [0.15, 0.2) is 0 Å². The lowest BCUT2D eigenvalue weighted by molar-refractivity contribution is 0.0962. The van der Waals surface area contributed by atoms with Crippen molar-refractivity contribution in [1.29, 1.82) is 0 Å². The van der Waals surface area contributed by atoms with Crippen LogP contribution in [-0.2, 0) is 46.1 Å². The minimum atomic E-state index is -0.571. The number of carbonyl (C=O) groups excluding carboxylic acids is 1. The number of aromatic nitrogens is 18. The molecule has 138 heavy (non-hydrogen) atoms. The van der Waals surface area contributed by atoms with Gasteiger partial charge in [-0.1, -0.05) is 6.92 Å². The third kappa shape index (κ3) is 23.3. The van der Waals surface area contributed by atoms with E-state index >= 15 is 0 Å². The molecular formula is C104H115N25O9. The number of amides is 1. The zero-order chi connectivity index (χ0) is 96.7. The van der Waals surface area contributed by atoms with Crippen LogP contribution >= 0.6 is 0 Å². The number of anilines is 8. The summed E-state index contributed by atoms with van der Waals surface area (Å²) in [7, 11) is 19.0. The van der Waals surface area contributed by atoms with Crippen LogP contribution in [0.4, 0.5) is 45.5 Å². The fourth-order valence-corrected chi connectivity index (χ4v) is 16.3. The Labute approximate surface area is 801 Å². The number of aryl methyl sites for hydroxylation is 4. The van der Waals surface area contributed by atoms with E-state index in [9.17, 15) is 9.90 Å². The highest BCUT2D eigenvalue weighted by atomic mass is 16.5. The van der Waals surface area contributed by atoms with E-state index < -0.39 is 6.10 Å². The standard InChI is InChI=1S/C28H33N7O2.C26H29N5O2.C25H25N7O2.C25H28N6O3/c1-19-32-28(2,3)18-34(19)9-10-35(22-11-23(36-5)14-24(12-22)37-6)21-7-8-25-26(13-21)31-27(16-29-25)20-15-30-33(4)17-20;1-4-33-17-19-9-22(11-23(10-19)32-3)31(15-18-5-6-18)21-7-8-24-25(12-21)29-26(14-27-24)20-13-28-30(2)16-20;1-30-16-18(14-28-30)25-15-27-23-5-4-19(12-24(23)29-25)32(9-8-31-7-6-26-17-31)20-10-21(33-2)13-22(11-20)34-3;1-5-20(32)15-31(19-8-16(25(33)26-2)9-21(10-19)34-4)18-6-7-22-23(11-18)29-24(13-27-22)17-12-28-30(3)14-17/h7-8,11-17H,9-10,18H2,1-6H3;7-14,16,18H,4-6,15,17H2,1-3H3;4-7,10-17H,8-9H2,1-3H3;6-14,20,32H,5,15H2,1-4H3,(H,26,33). The third-order valence-corrected chi connectivity index (χ3v) is 23.8. The van der Waals surface area contributed by atoms with Gasteiger partial charge in [-0.25, -0.2) is 24.9 Å². The molecule has 1 fully saturated rings. The number of aliphatic hydroxyl groups excluding tert-OH is 1. The van der Waals surface area contributed by atoms with E-state index in [4.69, 9.17) is 58.1 Å². The molecule has 1 atom stereocenters. The Kier molecular flexibility index (Phi) is 29.8. The highest BCUT2D eigenvalue weighted by molar-refractivity contribution is 5.96. The first kappa shape index (κ1) is 95.2. The van der Waals surface area contributed by atoms with Crippen LogP contribution in [-0.4, -0.2) is 218 Å². The maximum absolute atomic E-state index is 12.4. The van der Waals surface area contributed by atoms with Gasteiger partial charge in [-0.3, -0.25) is 48.5 Å². The van der Waals surface area contributed by atoms with Crippen LogP contribution in [0, 0.1) is 5.92 Å². The van der Waals surface area contributed by atoms with Gasteiger partial charge in [0.1, 0.15) is 34.5 Å². The molecule has 8 aromatic carbocycles. The van der Waals surface area contributed by atoms with Gasteiger partial charge in [-0.15, -0.1) is 0 Å². The second kappa shape index (κ2) is 43.1. The van der Waals surface area contributed by atoms with Gasteiger partial charge in [-0.2, -0.15) is 20.4 Å².